The van der Waals surface area contributed by atoms with E-state index in [4.69, 9.17) is 15.9 Å². The highest BCUT2D eigenvalue weighted by molar-refractivity contribution is 5.96. The number of rotatable bonds is 5. The van der Waals surface area contributed by atoms with Crippen molar-refractivity contribution in [3.63, 3.8) is 0 Å². The molecular formula is C13H19FN2O. The van der Waals surface area contributed by atoms with E-state index in [2.05, 4.69) is 13.8 Å². The summed E-state index contributed by atoms with van der Waals surface area (Å²) in [6.45, 7) is 6.47. The van der Waals surface area contributed by atoms with E-state index in [1.54, 1.807) is 6.07 Å². The van der Waals surface area contributed by atoms with Crippen LogP contribution in [0.5, 0.6) is 0 Å². The zero-order chi connectivity index (χ0) is 13.0. The van der Waals surface area contributed by atoms with Gasteiger partial charge in [0.05, 0.1) is 12.7 Å². The van der Waals surface area contributed by atoms with E-state index in [9.17, 15) is 4.39 Å². The Labute approximate surface area is 101 Å². The van der Waals surface area contributed by atoms with Gasteiger partial charge in [0.1, 0.15) is 11.7 Å². The molecule has 0 aliphatic rings. The maximum Gasteiger partial charge on any atom is 0.123 e. The molecule has 0 aliphatic heterocycles. The third-order valence-corrected chi connectivity index (χ3v) is 2.80. The molecule has 0 bridgehead atoms. The molecule has 94 valence electrons. The fourth-order valence-electron chi connectivity index (χ4n) is 1.34. The summed E-state index contributed by atoms with van der Waals surface area (Å²) in [6, 6.07) is 4.23. The highest BCUT2D eigenvalue weighted by Gasteiger charge is 2.11. The number of amidine groups is 1. The van der Waals surface area contributed by atoms with E-state index in [1.807, 2.05) is 6.92 Å². The molecule has 1 unspecified atom stereocenters. The standard InChI is InChI=1S/C13H19FN2O/c1-8(2)9(3)17-7-10-4-5-11(14)6-12(10)13(15)16/h4-6,8-9H,7H2,1-3H3,(H3,15,16). The molecule has 3 nitrogen and oxygen atoms in total. The lowest BCUT2D eigenvalue weighted by molar-refractivity contribution is 0.0234. The van der Waals surface area contributed by atoms with Crippen molar-refractivity contribution in [2.75, 3.05) is 0 Å². The maximum absolute atomic E-state index is 13.0. The molecule has 0 fully saturated rings. The van der Waals surface area contributed by atoms with Gasteiger partial charge in [-0.25, -0.2) is 4.39 Å². The molecule has 17 heavy (non-hydrogen) atoms. The number of nitrogens with one attached hydrogen (secondary N) is 1. The number of hydrogen-bond donors (Lipinski definition) is 2. The van der Waals surface area contributed by atoms with Crippen LogP contribution in [0.25, 0.3) is 0 Å². The van der Waals surface area contributed by atoms with Crippen LogP contribution in [0.1, 0.15) is 31.9 Å². The van der Waals surface area contributed by atoms with Crippen LogP contribution < -0.4 is 5.73 Å². The molecule has 1 aromatic carbocycles. The van der Waals surface area contributed by atoms with Gasteiger partial charge in [-0.1, -0.05) is 19.9 Å². The quantitative estimate of drug-likeness (QED) is 0.612. The molecule has 0 heterocycles. The lowest BCUT2D eigenvalue weighted by Crippen LogP contribution is -2.18. The van der Waals surface area contributed by atoms with Crippen LogP contribution in [0.3, 0.4) is 0 Å². The lowest BCUT2D eigenvalue weighted by Gasteiger charge is -2.17. The number of ether oxygens (including phenoxy) is 1. The van der Waals surface area contributed by atoms with Crippen molar-refractivity contribution < 1.29 is 9.13 Å². The monoisotopic (exact) mass is 238 g/mol. The van der Waals surface area contributed by atoms with Gasteiger partial charge >= 0.3 is 0 Å². The van der Waals surface area contributed by atoms with Crippen molar-refractivity contribution in [1.29, 1.82) is 5.41 Å². The fourth-order valence-corrected chi connectivity index (χ4v) is 1.34. The second-order valence-electron chi connectivity index (χ2n) is 4.48. The number of benzene rings is 1. The Balaban J connectivity index is 2.80. The molecule has 0 aliphatic carbocycles. The summed E-state index contributed by atoms with van der Waals surface area (Å²) in [6.07, 6.45) is 0.111. The van der Waals surface area contributed by atoms with Gasteiger partial charge in [0, 0.05) is 5.56 Å². The lowest BCUT2D eigenvalue weighted by atomic mass is 10.1. The van der Waals surface area contributed by atoms with E-state index in [-0.39, 0.29) is 11.9 Å². The topological polar surface area (TPSA) is 59.1 Å². The first-order chi connectivity index (χ1) is 7.91. The van der Waals surface area contributed by atoms with Crippen LogP contribution in [0.4, 0.5) is 4.39 Å². The largest absolute Gasteiger partial charge is 0.384 e. The first-order valence-corrected chi connectivity index (χ1v) is 5.66. The Morgan fingerprint density at radius 3 is 2.59 bits per heavy atom. The summed E-state index contributed by atoms with van der Waals surface area (Å²) in [4.78, 5) is 0. The first kappa shape index (κ1) is 13.6. The third-order valence-electron chi connectivity index (χ3n) is 2.80. The van der Waals surface area contributed by atoms with E-state index < -0.39 is 5.82 Å². The van der Waals surface area contributed by atoms with Crippen molar-refractivity contribution in [3.05, 3.63) is 35.1 Å². The van der Waals surface area contributed by atoms with Gasteiger partial charge in [0.2, 0.25) is 0 Å². The van der Waals surface area contributed by atoms with Crippen molar-refractivity contribution >= 4 is 5.84 Å². The number of hydrogen-bond acceptors (Lipinski definition) is 2. The molecule has 1 aromatic rings. The van der Waals surface area contributed by atoms with Gasteiger partial charge in [-0.2, -0.15) is 0 Å². The van der Waals surface area contributed by atoms with Crippen LogP contribution in [-0.2, 0) is 11.3 Å². The number of halogens is 1. The minimum atomic E-state index is -0.393. The molecule has 1 atom stereocenters. The fraction of sp³-hybridized carbons (Fsp3) is 0.462. The zero-order valence-corrected chi connectivity index (χ0v) is 10.5. The molecule has 4 heteroatoms. The Hall–Kier alpha value is -1.42. The van der Waals surface area contributed by atoms with Crippen molar-refractivity contribution in [3.8, 4) is 0 Å². The molecule has 3 N–H and O–H groups in total. The summed E-state index contributed by atoms with van der Waals surface area (Å²) in [5, 5.41) is 7.40. The Morgan fingerprint density at radius 2 is 2.06 bits per heavy atom. The van der Waals surface area contributed by atoms with Crippen molar-refractivity contribution in [2.24, 2.45) is 11.7 Å². The minimum Gasteiger partial charge on any atom is -0.384 e. The summed E-state index contributed by atoms with van der Waals surface area (Å²) in [5.74, 6) is -0.118. The normalized spacial score (nSPS) is 12.8. The van der Waals surface area contributed by atoms with Crippen molar-refractivity contribution in [1.82, 2.24) is 0 Å². The van der Waals surface area contributed by atoms with E-state index >= 15 is 0 Å². The highest BCUT2D eigenvalue weighted by Crippen LogP contribution is 2.15. The summed E-state index contributed by atoms with van der Waals surface area (Å²) >= 11 is 0. The Kier molecular flexibility index (Phi) is 4.63. The van der Waals surface area contributed by atoms with Gasteiger partial charge < -0.3 is 10.5 Å². The van der Waals surface area contributed by atoms with Crippen LogP contribution >= 0.6 is 0 Å². The molecule has 0 saturated heterocycles. The number of nitrogens with two attached hydrogens (primary N) is 1. The summed E-state index contributed by atoms with van der Waals surface area (Å²) < 4.78 is 18.7. The van der Waals surface area contributed by atoms with Gasteiger partial charge in [0.25, 0.3) is 0 Å². The predicted molar refractivity (Wildman–Crippen MR) is 66.5 cm³/mol. The highest BCUT2D eigenvalue weighted by atomic mass is 19.1. The Bertz CT molecular complexity index is 404. The molecule has 0 aromatic heterocycles. The number of nitrogen functional groups attached to an aromatic ring is 1. The summed E-state index contributed by atoms with van der Waals surface area (Å²) in [7, 11) is 0. The molecule has 0 radical (unpaired) electrons. The molecule has 0 amide bonds. The SMILES string of the molecule is CC(C)C(C)OCc1ccc(F)cc1C(=N)N. The van der Waals surface area contributed by atoms with Crippen LogP contribution in [0.15, 0.2) is 18.2 Å². The van der Waals surface area contributed by atoms with E-state index in [0.717, 1.165) is 5.56 Å². The van der Waals surface area contributed by atoms with Crippen molar-refractivity contribution in [2.45, 2.75) is 33.5 Å². The van der Waals surface area contributed by atoms with Crippen LogP contribution in [0.2, 0.25) is 0 Å². The smallest absolute Gasteiger partial charge is 0.123 e. The average Bonchev–Trinajstić information content (AvgIpc) is 2.26. The summed E-state index contributed by atoms with van der Waals surface area (Å²) in [5.41, 5.74) is 6.56. The maximum atomic E-state index is 13.0. The van der Waals surface area contributed by atoms with Crippen LogP contribution in [-0.4, -0.2) is 11.9 Å². The van der Waals surface area contributed by atoms with Gasteiger partial charge in [0.15, 0.2) is 0 Å². The molecule has 1 rings (SSSR count). The zero-order valence-electron chi connectivity index (χ0n) is 10.5. The molecule has 0 saturated carbocycles. The second kappa shape index (κ2) is 5.77. The third kappa shape index (κ3) is 3.82. The van der Waals surface area contributed by atoms with Gasteiger partial charge in [-0.05, 0) is 30.5 Å². The second-order valence-corrected chi connectivity index (χ2v) is 4.48. The van der Waals surface area contributed by atoms with Gasteiger partial charge in [-0.15, -0.1) is 0 Å². The Morgan fingerprint density at radius 1 is 1.41 bits per heavy atom. The molecular weight excluding hydrogens is 219 g/mol. The van der Waals surface area contributed by atoms with E-state index in [0.29, 0.717) is 18.1 Å². The first-order valence-electron chi connectivity index (χ1n) is 5.66. The van der Waals surface area contributed by atoms with Crippen LogP contribution in [0, 0.1) is 17.1 Å². The minimum absolute atomic E-state index is 0.111. The average molecular weight is 238 g/mol. The van der Waals surface area contributed by atoms with E-state index in [1.165, 1.54) is 12.1 Å². The molecule has 0 spiro atoms. The van der Waals surface area contributed by atoms with Gasteiger partial charge in [-0.3, -0.25) is 5.41 Å². The predicted octanol–water partition coefficient (Wildman–Crippen LogP) is 2.67.